The summed E-state index contributed by atoms with van der Waals surface area (Å²) in [7, 11) is 3.87. The van der Waals surface area contributed by atoms with Crippen molar-refractivity contribution in [2.75, 3.05) is 43.1 Å². The first-order chi connectivity index (χ1) is 13.5. The first kappa shape index (κ1) is 19.6. The van der Waals surface area contributed by atoms with Gasteiger partial charge in [-0.05, 0) is 57.2 Å². The first-order valence-electron chi connectivity index (χ1n) is 9.29. The van der Waals surface area contributed by atoms with Crippen LogP contribution in [0.25, 0.3) is 0 Å². The summed E-state index contributed by atoms with van der Waals surface area (Å²) in [6.45, 7) is 2.03. The highest BCUT2D eigenvalue weighted by molar-refractivity contribution is 6.07. The summed E-state index contributed by atoms with van der Waals surface area (Å²) >= 11 is 0. The highest BCUT2D eigenvalue weighted by Crippen LogP contribution is 2.27. The lowest BCUT2D eigenvalue weighted by molar-refractivity contribution is 0.0996. The van der Waals surface area contributed by atoms with E-state index in [1.165, 1.54) is 6.20 Å². The van der Waals surface area contributed by atoms with Gasteiger partial charge in [-0.25, -0.2) is 0 Å². The number of benzene rings is 1. The molecule has 8 heteroatoms. The second kappa shape index (κ2) is 8.71. The summed E-state index contributed by atoms with van der Waals surface area (Å²) in [5.74, 6) is -0.849. The first-order valence-corrected chi connectivity index (χ1v) is 9.29. The maximum absolute atomic E-state index is 12.7. The van der Waals surface area contributed by atoms with Crippen molar-refractivity contribution in [3.05, 3.63) is 47.8 Å². The largest absolute Gasteiger partial charge is 0.387 e. The molecule has 3 rings (SSSR count). The summed E-state index contributed by atoms with van der Waals surface area (Å²) in [5.41, 5.74) is 8.20. The Labute approximate surface area is 164 Å². The normalized spacial score (nSPS) is 15.1. The van der Waals surface area contributed by atoms with E-state index in [-0.39, 0.29) is 5.91 Å². The number of nitrogens with zero attached hydrogens (tertiary/aromatic N) is 2. The minimum absolute atomic E-state index is 0.306. The standard InChI is InChI=1S/C20H26N6O2/c1-22-16-9-14(11-23-12-16)20(28)25-18-10-13(19(21)27)3-4-17(18)24-15-5-7-26(2)8-6-15/h3-4,9-12,15,22,24H,5-8H2,1-2H3,(H2,21,27)(H,25,28). The number of nitrogens with one attached hydrogen (secondary N) is 3. The third-order valence-electron chi connectivity index (χ3n) is 4.92. The Hall–Kier alpha value is -3.13. The maximum Gasteiger partial charge on any atom is 0.257 e. The number of primary amides is 1. The molecule has 0 unspecified atom stereocenters. The van der Waals surface area contributed by atoms with Crippen LogP contribution in [-0.2, 0) is 0 Å². The minimum Gasteiger partial charge on any atom is -0.387 e. The smallest absolute Gasteiger partial charge is 0.257 e. The topological polar surface area (TPSA) is 112 Å². The van der Waals surface area contributed by atoms with Gasteiger partial charge in [0.15, 0.2) is 0 Å². The number of rotatable bonds is 6. The Morgan fingerprint density at radius 3 is 2.54 bits per heavy atom. The van der Waals surface area contributed by atoms with Crippen LogP contribution in [0, 0.1) is 0 Å². The van der Waals surface area contributed by atoms with Gasteiger partial charge >= 0.3 is 0 Å². The fraction of sp³-hybridized carbons (Fsp3) is 0.350. The van der Waals surface area contributed by atoms with E-state index >= 15 is 0 Å². The van der Waals surface area contributed by atoms with E-state index in [9.17, 15) is 9.59 Å². The van der Waals surface area contributed by atoms with Crippen LogP contribution < -0.4 is 21.7 Å². The van der Waals surface area contributed by atoms with Crippen molar-refractivity contribution in [2.24, 2.45) is 5.73 Å². The molecule has 1 aromatic carbocycles. The molecule has 2 heterocycles. The molecule has 1 fully saturated rings. The minimum atomic E-state index is -0.541. The summed E-state index contributed by atoms with van der Waals surface area (Å²) in [4.78, 5) is 30.7. The van der Waals surface area contributed by atoms with Gasteiger partial charge in [0, 0.05) is 31.0 Å². The summed E-state index contributed by atoms with van der Waals surface area (Å²) in [6.07, 6.45) is 5.15. The molecule has 5 N–H and O–H groups in total. The van der Waals surface area contributed by atoms with Crippen LogP contribution in [-0.4, -0.2) is 54.9 Å². The van der Waals surface area contributed by atoms with Crippen molar-refractivity contribution < 1.29 is 9.59 Å². The van der Waals surface area contributed by atoms with Crippen LogP contribution in [0.2, 0.25) is 0 Å². The predicted octanol–water partition coefficient (Wildman–Crippen LogP) is 1.98. The van der Waals surface area contributed by atoms with Crippen molar-refractivity contribution in [2.45, 2.75) is 18.9 Å². The highest BCUT2D eigenvalue weighted by Gasteiger charge is 2.19. The number of pyridine rings is 1. The van der Waals surface area contributed by atoms with Gasteiger partial charge in [-0.3, -0.25) is 14.6 Å². The average Bonchev–Trinajstić information content (AvgIpc) is 2.70. The second-order valence-corrected chi connectivity index (χ2v) is 7.01. The molecule has 1 aliphatic heterocycles. The highest BCUT2D eigenvalue weighted by atomic mass is 16.2. The molecular formula is C20H26N6O2. The van der Waals surface area contributed by atoms with Crippen LogP contribution in [0.15, 0.2) is 36.7 Å². The molecule has 0 radical (unpaired) electrons. The van der Waals surface area contributed by atoms with Gasteiger partial charge in [0.1, 0.15) is 0 Å². The Morgan fingerprint density at radius 1 is 1.11 bits per heavy atom. The van der Waals surface area contributed by atoms with Crippen molar-refractivity contribution in [1.82, 2.24) is 9.88 Å². The van der Waals surface area contributed by atoms with Crippen LogP contribution in [0.1, 0.15) is 33.6 Å². The van der Waals surface area contributed by atoms with Crippen molar-refractivity contribution in [3.63, 3.8) is 0 Å². The van der Waals surface area contributed by atoms with Crippen LogP contribution in [0.5, 0.6) is 0 Å². The lowest BCUT2D eigenvalue weighted by Crippen LogP contribution is -2.36. The number of likely N-dealkylation sites (tertiary alicyclic amines) is 1. The number of piperidine rings is 1. The van der Waals surface area contributed by atoms with Crippen LogP contribution in [0.4, 0.5) is 17.1 Å². The zero-order valence-corrected chi connectivity index (χ0v) is 16.2. The lowest BCUT2D eigenvalue weighted by atomic mass is 10.0. The second-order valence-electron chi connectivity index (χ2n) is 7.01. The van der Waals surface area contributed by atoms with Crippen LogP contribution in [0.3, 0.4) is 0 Å². The number of carbonyl (C=O) groups excluding carboxylic acids is 2. The quantitative estimate of drug-likeness (QED) is 0.608. The molecule has 148 valence electrons. The number of anilines is 3. The van der Waals surface area contributed by atoms with E-state index < -0.39 is 5.91 Å². The van der Waals surface area contributed by atoms with Crippen LogP contribution >= 0.6 is 0 Å². The number of nitrogens with two attached hydrogens (primary N) is 1. The third kappa shape index (κ3) is 4.77. The summed E-state index contributed by atoms with van der Waals surface area (Å²) < 4.78 is 0. The van der Waals surface area contributed by atoms with Gasteiger partial charge in [0.2, 0.25) is 5.91 Å². The summed E-state index contributed by atoms with van der Waals surface area (Å²) in [5, 5.41) is 9.34. The molecule has 1 aromatic heterocycles. The van der Waals surface area contributed by atoms with E-state index in [0.29, 0.717) is 22.9 Å². The lowest BCUT2D eigenvalue weighted by Gasteiger charge is -2.30. The predicted molar refractivity (Wildman–Crippen MR) is 111 cm³/mol. The van der Waals surface area contributed by atoms with E-state index in [4.69, 9.17) is 5.73 Å². The molecule has 0 spiro atoms. The number of amides is 2. The van der Waals surface area contributed by atoms with Gasteiger partial charge in [0.25, 0.3) is 5.91 Å². The molecule has 28 heavy (non-hydrogen) atoms. The van der Waals surface area contributed by atoms with E-state index in [2.05, 4.69) is 32.9 Å². The van der Waals surface area contributed by atoms with Gasteiger partial charge in [0.05, 0.1) is 22.6 Å². The Balaban J connectivity index is 1.83. The zero-order valence-electron chi connectivity index (χ0n) is 16.2. The maximum atomic E-state index is 12.7. The number of carbonyl (C=O) groups is 2. The monoisotopic (exact) mass is 382 g/mol. The molecule has 1 aliphatic rings. The van der Waals surface area contributed by atoms with Crippen molar-refractivity contribution in [1.29, 1.82) is 0 Å². The Bertz CT molecular complexity index is 862. The fourth-order valence-corrected chi connectivity index (χ4v) is 3.19. The molecule has 2 aromatic rings. The molecular weight excluding hydrogens is 356 g/mol. The SMILES string of the molecule is CNc1cncc(C(=O)Nc2cc(C(N)=O)ccc2NC2CCN(C)CC2)c1. The van der Waals surface area contributed by atoms with Gasteiger partial charge in [-0.2, -0.15) is 0 Å². The van der Waals surface area contributed by atoms with E-state index in [1.807, 2.05) is 0 Å². The Morgan fingerprint density at radius 2 is 1.86 bits per heavy atom. The van der Waals surface area contributed by atoms with Gasteiger partial charge < -0.3 is 26.6 Å². The zero-order chi connectivity index (χ0) is 20.1. The number of aromatic nitrogens is 1. The number of hydrogen-bond acceptors (Lipinski definition) is 6. The molecule has 0 atom stereocenters. The van der Waals surface area contributed by atoms with Gasteiger partial charge in [-0.1, -0.05) is 0 Å². The Kier molecular flexibility index (Phi) is 6.10. The molecule has 8 nitrogen and oxygen atoms in total. The molecule has 0 aliphatic carbocycles. The van der Waals surface area contributed by atoms with E-state index in [0.717, 1.165) is 37.3 Å². The molecule has 0 saturated carbocycles. The molecule has 2 amide bonds. The number of hydrogen-bond donors (Lipinski definition) is 4. The van der Waals surface area contributed by atoms with E-state index in [1.54, 1.807) is 37.5 Å². The summed E-state index contributed by atoms with van der Waals surface area (Å²) in [6, 6.07) is 7.08. The van der Waals surface area contributed by atoms with Gasteiger partial charge in [-0.15, -0.1) is 0 Å². The third-order valence-corrected chi connectivity index (χ3v) is 4.92. The van der Waals surface area contributed by atoms with Crippen molar-refractivity contribution >= 4 is 28.9 Å². The fourth-order valence-electron chi connectivity index (χ4n) is 3.19. The molecule has 1 saturated heterocycles. The average molecular weight is 382 g/mol. The molecule has 0 bridgehead atoms. The van der Waals surface area contributed by atoms with Crippen molar-refractivity contribution in [3.8, 4) is 0 Å².